The highest BCUT2D eigenvalue weighted by atomic mass is 32.1. The number of carbonyl (C=O) groups is 2. The zero-order valence-electron chi connectivity index (χ0n) is 11.4. The number of ketones is 1. The van der Waals surface area contributed by atoms with Crippen LogP contribution in [0.3, 0.4) is 0 Å². The van der Waals surface area contributed by atoms with Crippen molar-refractivity contribution in [2.45, 2.75) is 13.0 Å². The molecule has 0 saturated carbocycles. The van der Waals surface area contributed by atoms with Crippen molar-refractivity contribution in [3.8, 4) is 0 Å². The molecule has 106 valence electrons. The summed E-state index contributed by atoms with van der Waals surface area (Å²) in [6.07, 6.45) is 0. The Hall–Kier alpha value is -2.40. The van der Waals surface area contributed by atoms with E-state index in [1.54, 1.807) is 0 Å². The molecule has 21 heavy (non-hydrogen) atoms. The third-order valence-electron chi connectivity index (χ3n) is 3.34. The Balaban J connectivity index is 2.17. The maximum absolute atomic E-state index is 12.2. The zero-order chi connectivity index (χ0) is 14.8. The predicted octanol–water partition coefficient (Wildman–Crippen LogP) is 3.10. The molecule has 2 amide bonds. The summed E-state index contributed by atoms with van der Waals surface area (Å²) >= 11 is 1.52. The van der Waals surface area contributed by atoms with Crippen molar-refractivity contribution in [3.05, 3.63) is 63.9 Å². The Labute approximate surface area is 126 Å². The van der Waals surface area contributed by atoms with Crippen molar-refractivity contribution < 1.29 is 9.59 Å². The van der Waals surface area contributed by atoms with Crippen LogP contribution in [-0.4, -0.2) is 11.8 Å². The molecule has 1 atom stereocenters. The van der Waals surface area contributed by atoms with E-state index in [0.29, 0.717) is 11.3 Å². The van der Waals surface area contributed by atoms with Gasteiger partial charge in [0.1, 0.15) is 0 Å². The van der Waals surface area contributed by atoms with E-state index in [1.807, 2.05) is 47.8 Å². The van der Waals surface area contributed by atoms with Gasteiger partial charge in [0.15, 0.2) is 5.78 Å². The Morgan fingerprint density at radius 2 is 1.90 bits per heavy atom. The first-order chi connectivity index (χ1) is 10.2. The summed E-state index contributed by atoms with van der Waals surface area (Å²) in [7, 11) is 0. The number of nitrogens with one attached hydrogen (secondary N) is 2. The summed E-state index contributed by atoms with van der Waals surface area (Å²) < 4.78 is 0. The van der Waals surface area contributed by atoms with E-state index >= 15 is 0 Å². The molecular formula is C16H14N2O2S. The predicted molar refractivity (Wildman–Crippen MR) is 82.8 cm³/mol. The summed E-state index contributed by atoms with van der Waals surface area (Å²) in [6, 6.07) is 12.6. The molecule has 1 aliphatic rings. The van der Waals surface area contributed by atoms with Crippen molar-refractivity contribution in [2.24, 2.45) is 0 Å². The third kappa shape index (κ3) is 2.60. The molecule has 5 heteroatoms. The maximum atomic E-state index is 12.2. The second kappa shape index (κ2) is 5.54. The van der Waals surface area contributed by atoms with Gasteiger partial charge in [0.25, 0.3) is 0 Å². The number of carbonyl (C=O) groups excluding carboxylic acids is 2. The van der Waals surface area contributed by atoms with Gasteiger partial charge in [0.05, 0.1) is 11.7 Å². The molecule has 0 saturated heterocycles. The van der Waals surface area contributed by atoms with E-state index in [4.69, 9.17) is 0 Å². The monoisotopic (exact) mass is 298 g/mol. The van der Waals surface area contributed by atoms with E-state index in [9.17, 15) is 9.59 Å². The highest BCUT2D eigenvalue weighted by molar-refractivity contribution is 7.10. The highest BCUT2D eigenvalue weighted by Crippen LogP contribution is 2.33. The lowest BCUT2D eigenvalue weighted by Crippen LogP contribution is -2.44. The average molecular weight is 298 g/mol. The first kappa shape index (κ1) is 13.6. The van der Waals surface area contributed by atoms with Gasteiger partial charge in [0, 0.05) is 10.5 Å². The van der Waals surface area contributed by atoms with Gasteiger partial charge in [-0.25, -0.2) is 4.79 Å². The second-order valence-electron chi connectivity index (χ2n) is 4.76. The number of urea groups is 1. The quantitative estimate of drug-likeness (QED) is 0.914. The Kier molecular flexibility index (Phi) is 3.58. The van der Waals surface area contributed by atoms with Gasteiger partial charge >= 0.3 is 6.03 Å². The normalized spacial score (nSPS) is 18.1. The van der Waals surface area contributed by atoms with Gasteiger partial charge in [-0.2, -0.15) is 0 Å². The highest BCUT2D eigenvalue weighted by Gasteiger charge is 2.31. The lowest BCUT2D eigenvalue weighted by molar-refractivity contribution is -0.113. The molecule has 0 unspecified atom stereocenters. The van der Waals surface area contributed by atoms with Gasteiger partial charge in [-0.3, -0.25) is 4.79 Å². The van der Waals surface area contributed by atoms with Crippen LogP contribution in [0.2, 0.25) is 0 Å². The number of thiophene rings is 1. The minimum atomic E-state index is -0.397. The van der Waals surface area contributed by atoms with Crippen molar-refractivity contribution in [3.63, 3.8) is 0 Å². The summed E-state index contributed by atoms with van der Waals surface area (Å²) in [5, 5.41) is 7.53. The standard InChI is InChI=1S/C16H14N2O2S/c1-10(19)13-14(11-6-3-2-4-7-11)17-16(20)18-15(13)12-8-5-9-21-12/h2-9,15H,1H3,(H2,17,18,20)/t15-/m0/s1. The fourth-order valence-electron chi connectivity index (χ4n) is 2.45. The van der Waals surface area contributed by atoms with Crippen LogP contribution in [0, 0.1) is 0 Å². The summed E-state index contributed by atoms with van der Waals surface area (Å²) in [6.45, 7) is 1.53. The molecule has 0 aliphatic carbocycles. The average Bonchev–Trinajstić information content (AvgIpc) is 3.01. The van der Waals surface area contributed by atoms with E-state index in [2.05, 4.69) is 10.6 Å². The van der Waals surface area contributed by atoms with Crippen LogP contribution in [-0.2, 0) is 4.79 Å². The van der Waals surface area contributed by atoms with E-state index in [1.165, 1.54) is 18.3 Å². The van der Waals surface area contributed by atoms with Gasteiger partial charge in [0.2, 0.25) is 0 Å². The van der Waals surface area contributed by atoms with Crippen molar-refractivity contribution in [2.75, 3.05) is 0 Å². The van der Waals surface area contributed by atoms with Gasteiger partial charge < -0.3 is 10.6 Å². The first-order valence-electron chi connectivity index (χ1n) is 6.58. The first-order valence-corrected chi connectivity index (χ1v) is 7.46. The molecule has 1 aliphatic heterocycles. The van der Waals surface area contributed by atoms with Crippen molar-refractivity contribution >= 4 is 28.8 Å². The number of benzene rings is 1. The lowest BCUT2D eigenvalue weighted by Gasteiger charge is -2.28. The Morgan fingerprint density at radius 3 is 2.52 bits per heavy atom. The molecule has 2 heterocycles. The fourth-order valence-corrected chi connectivity index (χ4v) is 3.23. The SMILES string of the molecule is CC(=O)C1=C(c2ccccc2)NC(=O)N[C@H]1c1cccs1. The fraction of sp³-hybridized carbons (Fsp3) is 0.125. The molecule has 3 rings (SSSR count). The van der Waals surface area contributed by atoms with Crippen LogP contribution >= 0.6 is 11.3 Å². The molecule has 4 nitrogen and oxygen atoms in total. The Morgan fingerprint density at radius 1 is 1.14 bits per heavy atom. The van der Waals surface area contributed by atoms with Crippen LogP contribution in [0.25, 0.3) is 5.70 Å². The van der Waals surface area contributed by atoms with Crippen LogP contribution < -0.4 is 10.6 Å². The number of amides is 2. The number of hydrogen-bond acceptors (Lipinski definition) is 3. The summed E-state index contributed by atoms with van der Waals surface area (Å²) in [4.78, 5) is 25.1. The summed E-state index contributed by atoms with van der Waals surface area (Å²) in [5.74, 6) is -0.0558. The number of hydrogen-bond donors (Lipinski definition) is 2. The Bertz CT molecular complexity index is 705. The third-order valence-corrected chi connectivity index (χ3v) is 4.28. The maximum Gasteiger partial charge on any atom is 0.320 e. The van der Waals surface area contributed by atoms with E-state index in [0.717, 1.165) is 10.4 Å². The summed E-state index contributed by atoms with van der Waals surface area (Å²) in [5.41, 5.74) is 2.01. The minimum absolute atomic E-state index is 0.0558. The topological polar surface area (TPSA) is 58.2 Å². The molecule has 0 fully saturated rings. The molecule has 0 bridgehead atoms. The van der Waals surface area contributed by atoms with E-state index < -0.39 is 6.04 Å². The number of rotatable bonds is 3. The van der Waals surface area contributed by atoms with Crippen LogP contribution in [0.5, 0.6) is 0 Å². The lowest BCUT2D eigenvalue weighted by atomic mass is 9.94. The van der Waals surface area contributed by atoms with Gasteiger partial charge in [-0.15, -0.1) is 11.3 Å². The van der Waals surface area contributed by atoms with Crippen LogP contribution in [0.15, 0.2) is 53.4 Å². The molecule has 1 aromatic heterocycles. The second-order valence-corrected chi connectivity index (χ2v) is 5.74. The minimum Gasteiger partial charge on any atom is -0.326 e. The zero-order valence-corrected chi connectivity index (χ0v) is 12.2. The van der Waals surface area contributed by atoms with Gasteiger partial charge in [-0.1, -0.05) is 36.4 Å². The van der Waals surface area contributed by atoms with Crippen LogP contribution in [0.1, 0.15) is 23.4 Å². The van der Waals surface area contributed by atoms with Crippen LogP contribution in [0.4, 0.5) is 4.79 Å². The smallest absolute Gasteiger partial charge is 0.320 e. The largest absolute Gasteiger partial charge is 0.326 e. The van der Waals surface area contributed by atoms with E-state index in [-0.39, 0.29) is 11.8 Å². The van der Waals surface area contributed by atoms with Gasteiger partial charge in [-0.05, 0) is 23.9 Å². The molecular weight excluding hydrogens is 284 g/mol. The van der Waals surface area contributed by atoms with Crippen molar-refractivity contribution in [1.29, 1.82) is 0 Å². The van der Waals surface area contributed by atoms with Crippen molar-refractivity contribution in [1.82, 2.24) is 10.6 Å². The number of Topliss-reactive ketones (excluding diaryl/α,β-unsaturated/α-hetero) is 1. The molecule has 0 spiro atoms. The molecule has 2 aromatic rings. The molecule has 2 N–H and O–H groups in total. The molecule has 0 radical (unpaired) electrons. The molecule has 1 aromatic carbocycles.